The molecule has 0 saturated carbocycles. The Morgan fingerprint density at radius 1 is 1.22 bits per heavy atom. The number of halogens is 1. The Kier molecular flexibility index (Phi) is 6.30. The van der Waals surface area contributed by atoms with Crippen LogP contribution in [0.1, 0.15) is 45.3 Å². The molecule has 0 spiro atoms. The highest BCUT2D eigenvalue weighted by molar-refractivity contribution is 5.18. The molecule has 1 aromatic carbocycles. The predicted molar refractivity (Wildman–Crippen MR) is 72.9 cm³/mol. The molecule has 1 rings (SSSR count). The van der Waals surface area contributed by atoms with E-state index in [0.717, 1.165) is 6.42 Å². The highest BCUT2D eigenvalue weighted by Gasteiger charge is 2.10. The van der Waals surface area contributed by atoms with Crippen LogP contribution in [0.15, 0.2) is 24.3 Å². The SMILES string of the molecule is CC(C)CCC(C)NCC(O)c1cccc(F)c1. The molecule has 2 N–H and O–H groups in total. The Hall–Kier alpha value is -0.930. The lowest BCUT2D eigenvalue weighted by molar-refractivity contribution is 0.169. The number of nitrogens with one attached hydrogen (secondary N) is 1. The van der Waals surface area contributed by atoms with Gasteiger partial charge in [-0.15, -0.1) is 0 Å². The van der Waals surface area contributed by atoms with Gasteiger partial charge in [-0.05, 0) is 43.4 Å². The molecule has 0 aromatic heterocycles. The van der Waals surface area contributed by atoms with Crippen molar-refractivity contribution in [1.29, 1.82) is 0 Å². The van der Waals surface area contributed by atoms with Gasteiger partial charge in [0.15, 0.2) is 0 Å². The second-order valence-electron chi connectivity index (χ2n) is 5.35. The molecule has 2 atom stereocenters. The first-order chi connectivity index (χ1) is 8.49. The van der Waals surface area contributed by atoms with E-state index >= 15 is 0 Å². The topological polar surface area (TPSA) is 32.3 Å². The molecule has 0 bridgehead atoms. The van der Waals surface area contributed by atoms with E-state index in [9.17, 15) is 9.50 Å². The Morgan fingerprint density at radius 2 is 1.94 bits per heavy atom. The molecular formula is C15H24FNO. The largest absolute Gasteiger partial charge is 0.387 e. The molecule has 0 amide bonds. The van der Waals surface area contributed by atoms with Crippen molar-refractivity contribution in [3.63, 3.8) is 0 Å². The number of benzene rings is 1. The lowest BCUT2D eigenvalue weighted by Gasteiger charge is -2.18. The van der Waals surface area contributed by atoms with Crippen LogP contribution in [0.2, 0.25) is 0 Å². The average Bonchev–Trinajstić information content (AvgIpc) is 2.33. The third-order valence-electron chi connectivity index (χ3n) is 3.07. The van der Waals surface area contributed by atoms with Gasteiger partial charge in [-0.3, -0.25) is 0 Å². The zero-order chi connectivity index (χ0) is 13.5. The van der Waals surface area contributed by atoms with Crippen molar-refractivity contribution < 1.29 is 9.50 Å². The summed E-state index contributed by atoms with van der Waals surface area (Å²) >= 11 is 0. The van der Waals surface area contributed by atoms with Gasteiger partial charge in [-0.25, -0.2) is 4.39 Å². The molecule has 2 nitrogen and oxygen atoms in total. The Balaban J connectivity index is 2.34. The van der Waals surface area contributed by atoms with E-state index in [4.69, 9.17) is 0 Å². The highest BCUT2D eigenvalue weighted by atomic mass is 19.1. The zero-order valence-corrected chi connectivity index (χ0v) is 11.5. The van der Waals surface area contributed by atoms with Crippen LogP contribution in [0.4, 0.5) is 4.39 Å². The first-order valence-corrected chi connectivity index (χ1v) is 6.66. The second-order valence-corrected chi connectivity index (χ2v) is 5.35. The first kappa shape index (κ1) is 15.1. The van der Waals surface area contributed by atoms with Gasteiger partial charge in [-0.2, -0.15) is 0 Å². The fourth-order valence-electron chi connectivity index (χ4n) is 1.83. The van der Waals surface area contributed by atoms with Crippen molar-refractivity contribution in [2.24, 2.45) is 5.92 Å². The zero-order valence-electron chi connectivity index (χ0n) is 11.5. The van der Waals surface area contributed by atoms with Gasteiger partial charge >= 0.3 is 0 Å². The van der Waals surface area contributed by atoms with Crippen LogP contribution >= 0.6 is 0 Å². The minimum atomic E-state index is -0.651. The Bertz CT molecular complexity index is 354. The van der Waals surface area contributed by atoms with Gasteiger partial charge < -0.3 is 10.4 Å². The monoisotopic (exact) mass is 253 g/mol. The van der Waals surface area contributed by atoms with Crippen LogP contribution in [-0.2, 0) is 0 Å². The third kappa shape index (κ3) is 5.61. The molecule has 3 heteroatoms. The van der Waals surface area contributed by atoms with Crippen molar-refractivity contribution in [3.8, 4) is 0 Å². The van der Waals surface area contributed by atoms with Crippen molar-refractivity contribution in [2.45, 2.75) is 45.8 Å². The van der Waals surface area contributed by atoms with Crippen LogP contribution in [0.3, 0.4) is 0 Å². The maximum absolute atomic E-state index is 13.0. The number of hydrogen-bond donors (Lipinski definition) is 2. The molecule has 0 heterocycles. The van der Waals surface area contributed by atoms with Crippen molar-refractivity contribution >= 4 is 0 Å². The number of aliphatic hydroxyl groups excluding tert-OH is 1. The van der Waals surface area contributed by atoms with Crippen molar-refractivity contribution in [1.82, 2.24) is 5.32 Å². The molecule has 18 heavy (non-hydrogen) atoms. The molecule has 102 valence electrons. The smallest absolute Gasteiger partial charge is 0.123 e. The van der Waals surface area contributed by atoms with Gasteiger partial charge in [-0.1, -0.05) is 26.0 Å². The number of hydrogen-bond acceptors (Lipinski definition) is 2. The molecule has 0 aliphatic carbocycles. The highest BCUT2D eigenvalue weighted by Crippen LogP contribution is 2.14. The van der Waals surface area contributed by atoms with Crippen molar-refractivity contribution in [3.05, 3.63) is 35.6 Å². The predicted octanol–water partition coefficient (Wildman–Crippen LogP) is 3.27. The summed E-state index contributed by atoms with van der Waals surface area (Å²) in [5.41, 5.74) is 0.624. The van der Waals surface area contributed by atoms with Gasteiger partial charge in [0.25, 0.3) is 0 Å². The summed E-state index contributed by atoms with van der Waals surface area (Å²) in [6.45, 7) is 6.98. The van der Waals surface area contributed by atoms with E-state index in [2.05, 4.69) is 26.1 Å². The van der Waals surface area contributed by atoms with Gasteiger partial charge in [0, 0.05) is 12.6 Å². The van der Waals surface area contributed by atoms with Crippen LogP contribution in [0, 0.1) is 11.7 Å². The van der Waals surface area contributed by atoms with Gasteiger partial charge in [0.1, 0.15) is 5.82 Å². The lowest BCUT2D eigenvalue weighted by atomic mass is 10.0. The van der Waals surface area contributed by atoms with E-state index < -0.39 is 6.10 Å². The fourth-order valence-corrected chi connectivity index (χ4v) is 1.83. The van der Waals surface area contributed by atoms with E-state index in [0.29, 0.717) is 24.1 Å². The Morgan fingerprint density at radius 3 is 2.56 bits per heavy atom. The first-order valence-electron chi connectivity index (χ1n) is 6.66. The Labute approximate surface area is 109 Å². The van der Waals surface area contributed by atoms with E-state index in [1.807, 2.05) is 0 Å². The van der Waals surface area contributed by atoms with Crippen molar-refractivity contribution in [2.75, 3.05) is 6.54 Å². The second kappa shape index (κ2) is 7.49. The maximum atomic E-state index is 13.0. The molecule has 0 fully saturated rings. The summed E-state index contributed by atoms with van der Waals surface area (Å²) in [5.74, 6) is 0.391. The molecule has 0 radical (unpaired) electrons. The van der Waals surface area contributed by atoms with E-state index in [-0.39, 0.29) is 5.82 Å². The third-order valence-corrected chi connectivity index (χ3v) is 3.07. The quantitative estimate of drug-likeness (QED) is 0.781. The molecule has 0 aliphatic heterocycles. The summed E-state index contributed by atoms with van der Waals surface area (Å²) in [6.07, 6.45) is 1.61. The summed E-state index contributed by atoms with van der Waals surface area (Å²) in [4.78, 5) is 0. The molecule has 2 unspecified atom stereocenters. The molecule has 0 saturated heterocycles. The van der Waals surface area contributed by atoms with Crippen LogP contribution < -0.4 is 5.32 Å². The summed E-state index contributed by atoms with van der Waals surface area (Å²) < 4.78 is 13.0. The minimum Gasteiger partial charge on any atom is -0.387 e. The number of aliphatic hydroxyl groups is 1. The average molecular weight is 253 g/mol. The summed E-state index contributed by atoms with van der Waals surface area (Å²) in [5, 5.41) is 13.2. The lowest BCUT2D eigenvalue weighted by Crippen LogP contribution is -2.30. The number of rotatable bonds is 7. The van der Waals surface area contributed by atoms with Gasteiger partial charge in [0.05, 0.1) is 6.10 Å². The molecule has 1 aromatic rings. The van der Waals surface area contributed by atoms with Crippen LogP contribution in [0.25, 0.3) is 0 Å². The van der Waals surface area contributed by atoms with Gasteiger partial charge in [0.2, 0.25) is 0 Å². The van der Waals surface area contributed by atoms with Crippen LogP contribution in [-0.4, -0.2) is 17.7 Å². The van der Waals surface area contributed by atoms with E-state index in [1.165, 1.54) is 18.6 Å². The minimum absolute atomic E-state index is 0.306. The fraction of sp³-hybridized carbons (Fsp3) is 0.600. The maximum Gasteiger partial charge on any atom is 0.123 e. The summed E-state index contributed by atoms with van der Waals surface area (Å²) in [6, 6.07) is 6.50. The summed E-state index contributed by atoms with van der Waals surface area (Å²) in [7, 11) is 0. The van der Waals surface area contributed by atoms with E-state index in [1.54, 1.807) is 12.1 Å². The van der Waals surface area contributed by atoms with Crippen LogP contribution in [0.5, 0.6) is 0 Å². The normalized spacial score (nSPS) is 14.8. The molecular weight excluding hydrogens is 229 g/mol. The standard InChI is InChI=1S/C15H24FNO/c1-11(2)7-8-12(3)17-10-15(18)13-5-4-6-14(16)9-13/h4-6,9,11-12,15,17-18H,7-8,10H2,1-3H3. The molecule has 0 aliphatic rings.